The van der Waals surface area contributed by atoms with E-state index < -0.39 is 54.1 Å². The van der Waals surface area contributed by atoms with Crippen LogP contribution < -0.4 is 15.4 Å². The third-order valence-electron chi connectivity index (χ3n) is 9.16. The summed E-state index contributed by atoms with van der Waals surface area (Å²) >= 11 is 0. The van der Waals surface area contributed by atoms with Crippen LogP contribution in [0.2, 0.25) is 0 Å². The van der Waals surface area contributed by atoms with Gasteiger partial charge < -0.3 is 44.3 Å². The van der Waals surface area contributed by atoms with Gasteiger partial charge in [0.05, 0.1) is 25.4 Å². The highest BCUT2D eigenvalue weighted by Gasteiger charge is 2.50. The molecule has 0 unspecified atom stereocenters. The molecular weight excluding hydrogens is 594 g/mol. The van der Waals surface area contributed by atoms with Crippen LogP contribution in [0.15, 0.2) is 42.5 Å². The van der Waals surface area contributed by atoms with Crippen molar-refractivity contribution in [2.45, 2.75) is 89.7 Å². The summed E-state index contributed by atoms with van der Waals surface area (Å²) in [6, 6.07) is 10.9. The highest BCUT2D eigenvalue weighted by molar-refractivity contribution is 5.91. The topological polar surface area (TPSA) is 145 Å². The van der Waals surface area contributed by atoms with Crippen LogP contribution in [0.3, 0.4) is 0 Å². The second-order valence-electron chi connectivity index (χ2n) is 12.7. The fourth-order valence-electron chi connectivity index (χ4n) is 6.52. The molecule has 46 heavy (non-hydrogen) atoms. The molecule has 2 aromatic rings. The molecule has 3 amide bonds. The van der Waals surface area contributed by atoms with Gasteiger partial charge in [0.1, 0.15) is 24.6 Å². The lowest BCUT2D eigenvalue weighted by atomic mass is 9.95. The maximum absolute atomic E-state index is 14.0. The lowest BCUT2D eigenvalue weighted by Gasteiger charge is -2.32. The van der Waals surface area contributed by atoms with Crippen LogP contribution >= 0.6 is 0 Å². The Balaban J connectivity index is 1.32. The van der Waals surface area contributed by atoms with Crippen LogP contribution in [0.1, 0.15) is 48.9 Å². The predicted octanol–water partition coefficient (Wildman–Crippen LogP) is 2.74. The minimum absolute atomic E-state index is 0.0804. The number of aliphatic hydroxyl groups excluding tert-OH is 1. The van der Waals surface area contributed by atoms with Gasteiger partial charge in [-0.2, -0.15) is 0 Å². The molecule has 0 saturated carbocycles. The number of carbonyl (C=O) groups is 3. The average molecular weight is 640 g/mol. The van der Waals surface area contributed by atoms with E-state index in [0.717, 1.165) is 29.5 Å². The zero-order valence-electron chi connectivity index (χ0n) is 27.1. The monoisotopic (exact) mass is 639 g/mol. The van der Waals surface area contributed by atoms with Crippen molar-refractivity contribution in [1.29, 1.82) is 0 Å². The van der Waals surface area contributed by atoms with Crippen molar-refractivity contribution >= 4 is 17.9 Å². The number of fused-ring (bicyclic) bond motifs is 1. The third-order valence-corrected chi connectivity index (χ3v) is 9.16. The Kier molecular flexibility index (Phi) is 10.5. The number of aryl methyl sites for hydroxylation is 2. The maximum Gasteiger partial charge on any atom is 0.407 e. The lowest BCUT2D eigenvalue weighted by molar-refractivity contribution is -0.152. The predicted molar refractivity (Wildman–Crippen MR) is 167 cm³/mol. The van der Waals surface area contributed by atoms with Gasteiger partial charge in [-0.05, 0) is 81.3 Å². The van der Waals surface area contributed by atoms with Crippen molar-refractivity contribution in [3.05, 3.63) is 64.7 Å². The zero-order chi connectivity index (χ0) is 33.0. The molecule has 0 radical (unpaired) electrons. The lowest BCUT2D eigenvalue weighted by Crippen LogP contribution is -2.59. The zero-order valence-corrected chi connectivity index (χ0v) is 27.1. The van der Waals surface area contributed by atoms with E-state index >= 15 is 0 Å². The summed E-state index contributed by atoms with van der Waals surface area (Å²) < 4.78 is 28.3. The van der Waals surface area contributed by atoms with E-state index in [4.69, 9.17) is 23.7 Å². The normalized spacial score (nSPS) is 24.9. The van der Waals surface area contributed by atoms with Crippen molar-refractivity contribution in [2.24, 2.45) is 5.92 Å². The van der Waals surface area contributed by atoms with Crippen molar-refractivity contribution in [2.75, 3.05) is 27.1 Å². The molecule has 0 aromatic heterocycles. The number of carbonyl (C=O) groups excluding carboxylic acids is 3. The van der Waals surface area contributed by atoms with Gasteiger partial charge in [-0.25, -0.2) is 4.79 Å². The van der Waals surface area contributed by atoms with Crippen molar-refractivity contribution < 1.29 is 43.2 Å². The van der Waals surface area contributed by atoms with E-state index in [2.05, 4.69) is 10.6 Å². The van der Waals surface area contributed by atoms with Crippen LogP contribution in [0.4, 0.5) is 4.79 Å². The molecule has 3 fully saturated rings. The Morgan fingerprint density at radius 1 is 1.11 bits per heavy atom. The van der Waals surface area contributed by atoms with Gasteiger partial charge in [0, 0.05) is 19.1 Å². The summed E-state index contributed by atoms with van der Waals surface area (Å²) in [7, 11) is 1.54. The van der Waals surface area contributed by atoms with Crippen LogP contribution in [0, 0.1) is 19.8 Å². The molecule has 2 aromatic carbocycles. The van der Waals surface area contributed by atoms with Gasteiger partial charge in [0.15, 0.2) is 12.4 Å². The first kappa shape index (κ1) is 33.6. The molecule has 0 bridgehead atoms. The molecule has 0 aliphatic carbocycles. The van der Waals surface area contributed by atoms with E-state index in [1.54, 1.807) is 38.1 Å². The number of nitrogens with one attached hydrogen (secondary N) is 2. The second-order valence-corrected chi connectivity index (χ2v) is 12.7. The van der Waals surface area contributed by atoms with Crippen molar-refractivity contribution in [1.82, 2.24) is 15.5 Å². The molecule has 3 saturated heterocycles. The largest absolute Gasteiger partial charge is 0.497 e. The molecule has 3 aliphatic rings. The van der Waals surface area contributed by atoms with E-state index in [9.17, 15) is 19.5 Å². The number of benzene rings is 2. The molecule has 250 valence electrons. The van der Waals surface area contributed by atoms with Crippen LogP contribution in [0.5, 0.6) is 5.75 Å². The molecular formula is C34H45N3O9. The Hall–Kier alpha value is -3.71. The fourth-order valence-corrected chi connectivity index (χ4v) is 6.52. The fraction of sp³-hybridized carbons (Fsp3) is 0.559. The van der Waals surface area contributed by atoms with E-state index in [1.165, 1.54) is 12.0 Å². The number of hydrogen-bond acceptors (Lipinski definition) is 9. The van der Waals surface area contributed by atoms with E-state index in [1.807, 2.05) is 32.0 Å². The molecule has 6 atom stereocenters. The average Bonchev–Trinajstić information content (AvgIpc) is 3.59. The summed E-state index contributed by atoms with van der Waals surface area (Å²) in [4.78, 5) is 42.0. The molecule has 3 aliphatic heterocycles. The third kappa shape index (κ3) is 7.46. The van der Waals surface area contributed by atoms with E-state index in [-0.39, 0.29) is 32.2 Å². The van der Waals surface area contributed by atoms with Gasteiger partial charge in [0.2, 0.25) is 5.91 Å². The standard InChI is InChI=1S/C34H45N3O9/c1-20-9-6-10-21(2)25(20)17-35-30(39)29-34(3,4)45-19-37(29)31(40)28(38)26(16-22-11-7-12-23(15-22)42-5)36-33(41)46-27-18-44-32-24(27)13-8-14-43-32/h6-7,9-12,15,24,26-29,32,38H,8,13-14,16-19H2,1-5H3,(H,35,39)(H,36,41)/t24-,26+,27-,28+,29+,32+/m1/s1. The van der Waals surface area contributed by atoms with Crippen LogP contribution in [-0.4, -0.2) is 91.2 Å². The summed E-state index contributed by atoms with van der Waals surface area (Å²) in [6.07, 6.45) is -1.73. The first-order valence-corrected chi connectivity index (χ1v) is 15.8. The smallest absolute Gasteiger partial charge is 0.407 e. The minimum atomic E-state index is -1.73. The Morgan fingerprint density at radius 2 is 1.85 bits per heavy atom. The molecule has 12 heteroatoms. The Morgan fingerprint density at radius 3 is 2.59 bits per heavy atom. The number of rotatable bonds is 10. The second kappa shape index (κ2) is 14.4. The molecule has 0 spiro atoms. The van der Waals surface area contributed by atoms with Crippen molar-refractivity contribution in [3.8, 4) is 5.75 Å². The molecule has 5 rings (SSSR count). The number of methoxy groups -OCH3 is 1. The van der Waals surface area contributed by atoms with Gasteiger partial charge in [-0.1, -0.05) is 30.3 Å². The Bertz CT molecular complexity index is 1400. The van der Waals surface area contributed by atoms with Crippen molar-refractivity contribution in [3.63, 3.8) is 0 Å². The Labute approximate surface area is 269 Å². The van der Waals surface area contributed by atoms with E-state index in [0.29, 0.717) is 17.9 Å². The minimum Gasteiger partial charge on any atom is -0.497 e. The quantitative estimate of drug-likeness (QED) is 0.357. The van der Waals surface area contributed by atoms with Gasteiger partial charge in [-0.15, -0.1) is 0 Å². The molecule has 3 heterocycles. The number of hydrogen-bond donors (Lipinski definition) is 3. The first-order valence-electron chi connectivity index (χ1n) is 15.8. The highest BCUT2D eigenvalue weighted by atomic mass is 16.7. The number of alkyl carbamates (subject to hydrolysis) is 1. The number of ether oxygens (including phenoxy) is 5. The van der Waals surface area contributed by atoms with Gasteiger partial charge in [0.25, 0.3) is 5.91 Å². The summed E-state index contributed by atoms with van der Waals surface area (Å²) in [5.74, 6) is -0.667. The first-order chi connectivity index (χ1) is 22.0. The number of amides is 3. The molecule has 3 N–H and O–H groups in total. The maximum atomic E-state index is 14.0. The number of nitrogens with zero attached hydrogens (tertiary/aromatic N) is 1. The van der Waals surface area contributed by atoms with Crippen LogP contribution in [-0.2, 0) is 41.5 Å². The SMILES string of the molecule is COc1cccc(C[C@H](NC(=O)O[C@@H]2CO[C@@H]3OCCC[C@@H]32)[C@H](O)C(=O)N2COC(C)(C)[C@@H]2C(=O)NCc2c(C)cccc2C)c1. The van der Waals surface area contributed by atoms with Gasteiger partial charge in [-0.3, -0.25) is 9.59 Å². The number of aliphatic hydroxyl groups is 1. The summed E-state index contributed by atoms with van der Waals surface area (Å²) in [6.45, 7) is 8.27. The molecule has 12 nitrogen and oxygen atoms in total. The van der Waals surface area contributed by atoms with Crippen LogP contribution in [0.25, 0.3) is 0 Å². The van der Waals surface area contributed by atoms with Gasteiger partial charge >= 0.3 is 6.09 Å². The summed E-state index contributed by atoms with van der Waals surface area (Å²) in [5, 5.41) is 17.2. The summed E-state index contributed by atoms with van der Waals surface area (Å²) in [5.41, 5.74) is 2.75. The highest BCUT2D eigenvalue weighted by Crippen LogP contribution is 2.33.